The van der Waals surface area contributed by atoms with Crippen molar-refractivity contribution in [2.75, 3.05) is 11.9 Å². The molecule has 3 N–H and O–H groups in total. The molecule has 0 saturated carbocycles. The largest absolute Gasteiger partial charge is 0.425 e. The fraction of sp³-hybridized carbons (Fsp3) is 0.0667. The maximum absolute atomic E-state index is 12.0. The van der Waals surface area contributed by atoms with Crippen molar-refractivity contribution >= 4 is 29.2 Å². The van der Waals surface area contributed by atoms with Crippen LogP contribution < -0.4 is 10.1 Å². The molecule has 6 nitrogen and oxygen atoms in total. The number of ether oxygens (including phenoxy) is 1. The molecule has 0 saturated heterocycles. The average molecular weight is 284 g/mol. The van der Waals surface area contributed by atoms with Crippen LogP contribution in [0, 0.1) is 0 Å². The summed E-state index contributed by atoms with van der Waals surface area (Å²) in [5, 5.41) is 11.4. The Kier molecular flexibility index (Phi) is 3.29. The van der Waals surface area contributed by atoms with Gasteiger partial charge in [0, 0.05) is 23.1 Å². The lowest BCUT2D eigenvalue weighted by molar-refractivity contribution is -0.137. The van der Waals surface area contributed by atoms with E-state index >= 15 is 0 Å². The van der Waals surface area contributed by atoms with Crippen molar-refractivity contribution in [3.05, 3.63) is 47.8 Å². The van der Waals surface area contributed by atoms with Gasteiger partial charge in [-0.3, -0.25) is 4.79 Å². The number of hydrogen-bond acceptors (Lipinski definition) is 4. The number of hydrogen-bond donors (Lipinski definition) is 3. The van der Waals surface area contributed by atoms with Crippen LogP contribution >= 0.6 is 0 Å². The molecule has 1 aliphatic heterocycles. The zero-order chi connectivity index (χ0) is 14.8. The van der Waals surface area contributed by atoms with E-state index in [-0.39, 0.29) is 11.7 Å². The number of H-pyrrole nitrogens is 1. The highest BCUT2D eigenvalue weighted by Crippen LogP contribution is 2.35. The summed E-state index contributed by atoms with van der Waals surface area (Å²) < 4.78 is 4.94. The maximum Gasteiger partial charge on any atom is 0.337 e. The van der Waals surface area contributed by atoms with Crippen molar-refractivity contribution in [3.8, 4) is 5.75 Å². The Hall–Kier alpha value is -2.86. The predicted octanol–water partition coefficient (Wildman–Crippen LogP) is 1.41. The Morgan fingerprint density at radius 1 is 1.33 bits per heavy atom. The number of amides is 1. The van der Waals surface area contributed by atoms with Gasteiger partial charge >= 0.3 is 5.97 Å². The molecule has 1 aromatic heterocycles. The van der Waals surface area contributed by atoms with E-state index in [9.17, 15) is 9.59 Å². The number of aliphatic hydroxyl groups excluding tert-OH is 1. The highest BCUT2D eigenvalue weighted by Gasteiger charge is 2.25. The van der Waals surface area contributed by atoms with Crippen LogP contribution in [-0.4, -0.2) is 28.6 Å². The summed E-state index contributed by atoms with van der Waals surface area (Å²) in [6.45, 7) is -0.695. The third kappa shape index (κ3) is 2.56. The van der Waals surface area contributed by atoms with Crippen molar-refractivity contribution in [1.82, 2.24) is 4.98 Å². The Morgan fingerprint density at radius 2 is 2.19 bits per heavy atom. The molecule has 0 unspecified atom stereocenters. The maximum atomic E-state index is 12.0. The first kappa shape index (κ1) is 13.1. The van der Waals surface area contributed by atoms with Crippen LogP contribution in [-0.2, 0) is 9.59 Å². The number of aromatic amines is 1. The van der Waals surface area contributed by atoms with Crippen LogP contribution in [0.25, 0.3) is 11.6 Å². The molecule has 1 aromatic carbocycles. The number of carbonyl (C=O) groups is 2. The first-order chi connectivity index (χ1) is 10.2. The number of esters is 1. The number of rotatable bonds is 3. The molecule has 3 rings (SSSR count). The van der Waals surface area contributed by atoms with Crippen LogP contribution in [0.3, 0.4) is 0 Å². The van der Waals surface area contributed by atoms with Crippen LogP contribution in [0.1, 0.15) is 11.3 Å². The third-order valence-electron chi connectivity index (χ3n) is 3.06. The van der Waals surface area contributed by atoms with Crippen molar-refractivity contribution in [1.29, 1.82) is 0 Å². The van der Waals surface area contributed by atoms with E-state index in [1.54, 1.807) is 30.5 Å². The zero-order valence-corrected chi connectivity index (χ0v) is 10.9. The average Bonchev–Trinajstić information content (AvgIpc) is 3.08. The molecule has 2 aromatic rings. The fourth-order valence-corrected chi connectivity index (χ4v) is 2.13. The van der Waals surface area contributed by atoms with Gasteiger partial charge in [-0.2, -0.15) is 0 Å². The van der Waals surface area contributed by atoms with E-state index in [0.717, 1.165) is 5.69 Å². The summed E-state index contributed by atoms with van der Waals surface area (Å²) in [7, 11) is 0. The lowest BCUT2D eigenvalue weighted by Crippen LogP contribution is -2.12. The Bertz CT molecular complexity index is 732. The topological polar surface area (TPSA) is 91.4 Å². The second kappa shape index (κ2) is 5.26. The lowest BCUT2D eigenvalue weighted by Gasteiger charge is -2.04. The number of aromatic nitrogens is 1. The molecule has 106 valence electrons. The number of fused-ring (bicyclic) bond motifs is 1. The van der Waals surface area contributed by atoms with E-state index in [1.807, 2.05) is 12.1 Å². The quantitative estimate of drug-likeness (QED) is 0.451. The van der Waals surface area contributed by atoms with Crippen LogP contribution in [0.15, 0.2) is 36.5 Å². The Morgan fingerprint density at radius 3 is 2.90 bits per heavy atom. The summed E-state index contributed by atoms with van der Waals surface area (Å²) in [5.74, 6) is -0.686. The number of benzene rings is 1. The molecular weight excluding hydrogens is 272 g/mol. The second-order valence-electron chi connectivity index (χ2n) is 4.48. The Labute approximate surface area is 120 Å². The monoisotopic (exact) mass is 284 g/mol. The minimum Gasteiger partial charge on any atom is -0.425 e. The van der Waals surface area contributed by atoms with Gasteiger partial charge in [0.1, 0.15) is 12.4 Å². The van der Waals surface area contributed by atoms with Gasteiger partial charge in [-0.15, -0.1) is 0 Å². The lowest BCUT2D eigenvalue weighted by atomic mass is 10.1. The van der Waals surface area contributed by atoms with E-state index in [1.165, 1.54) is 0 Å². The smallest absolute Gasteiger partial charge is 0.337 e. The van der Waals surface area contributed by atoms with E-state index < -0.39 is 12.6 Å². The molecule has 0 aliphatic carbocycles. The van der Waals surface area contributed by atoms with Crippen LogP contribution in [0.4, 0.5) is 5.69 Å². The van der Waals surface area contributed by atoms with E-state index in [4.69, 9.17) is 9.84 Å². The van der Waals surface area contributed by atoms with Gasteiger partial charge in [0.15, 0.2) is 0 Å². The van der Waals surface area contributed by atoms with Crippen molar-refractivity contribution in [3.63, 3.8) is 0 Å². The zero-order valence-electron chi connectivity index (χ0n) is 10.9. The van der Waals surface area contributed by atoms with Crippen LogP contribution in [0.2, 0.25) is 0 Å². The number of aliphatic hydroxyl groups is 1. The van der Waals surface area contributed by atoms with E-state index in [2.05, 4.69) is 10.3 Å². The summed E-state index contributed by atoms with van der Waals surface area (Å²) in [4.78, 5) is 26.1. The molecule has 0 bridgehead atoms. The fourth-order valence-electron chi connectivity index (χ4n) is 2.13. The van der Waals surface area contributed by atoms with Gasteiger partial charge in [-0.25, -0.2) is 4.79 Å². The van der Waals surface area contributed by atoms with Gasteiger partial charge in [0.05, 0.1) is 5.57 Å². The van der Waals surface area contributed by atoms with Gasteiger partial charge in [0.25, 0.3) is 5.91 Å². The van der Waals surface area contributed by atoms with Gasteiger partial charge < -0.3 is 20.1 Å². The van der Waals surface area contributed by atoms with Crippen molar-refractivity contribution in [2.24, 2.45) is 0 Å². The first-order valence-electron chi connectivity index (χ1n) is 6.30. The number of carbonyl (C=O) groups excluding carboxylic acids is 2. The summed E-state index contributed by atoms with van der Waals surface area (Å²) in [6.07, 6.45) is 3.48. The Balaban J connectivity index is 1.98. The van der Waals surface area contributed by atoms with Crippen LogP contribution in [0.5, 0.6) is 5.75 Å². The highest BCUT2D eigenvalue weighted by atomic mass is 16.5. The molecular formula is C15H12N2O4. The summed E-state index contributed by atoms with van der Waals surface area (Å²) in [5.41, 5.74) is 2.58. The molecule has 1 amide bonds. The molecule has 6 heteroatoms. The molecule has 0 atom stereocenters. The predicted molar refractivity (Wildman–Crippen MR) is 76.5 cm³/mol. The molecule has 0 spiro atoms. The standard InChI is InChI=1S/C15H12N2O4/c18-8-14(19)21-10-3-4-13-11(7-10)12(15(20)17-13)6-9-2-1-5-16-9/h1-7,16,18H,8H2,(H,17,20). The second-order valence-corrected chi connectivity index (χ2v) is 4.48. The first-order valence-corrected chi connectivity index (χ1v) is 6.30. The summed E-state index contributed by atoms with van der Waals surface area (Å²) in [6, 6.07) is 8.48. The molecule has 0 radical (unpaired) electrons. The number of nitrogens with one attached hydrogen (secondary N) is 2. The molecule has 2 heterocycles. The van der Waals surface area contributed by atoms with Gasteiger partial charge in [-0.1, -0.05) is 0 Å². The number of anilines is 1. The van der Waals surface area contributed by atoms with Crippen molar-refractivity contribution in [2.45, 2.75) is 0 Å². The van der Waals surface area contributed by atoms with Crippen molar-refractivity contribution < 1.29 is 19.4 Å². The minimum absolute atomic E-state index is 0.217. The van der Waals surface area contributed by atoms with E-state index in [0.29, 0.717) is 16.8 Å². The van der Waals surface area contributed by atoms with Gasteiger partial charge in [-0.05, 0) is 36.4 Å². The third-order valence-corrected chi connectivity index (χ3v) is 3.06. The minimum atomic E-state index is -0.748. The molecule has 1 aliphatic rings. The molecule has 0 fully saturated rings. The molecule has 21 heavy (non-hydrogen) atoms. The van der Waals surface area contributed by atoms with Gasteiger partial charge in [0.2, 0.25) is 0 Å². The normalized spacial score (nSPS) is 14.9. The summed E-state index contributed by atoms with van der Waals surface area (Å²) >= 11 is 0. The highest BCUT2D eigenvalue weighted by molar-refractivity contribution is 6.34. The SMILES string of the molecule is O=C(CO)Oc1ccc2c(c1)C(=Cc1ccc[nH]1)C(=O)N2.